The molecule has 13 nitrogen and oxygen atoms in total. The number of ether oxygens (including phenoxy) is 2. The van der Waals surface area contributed by atoms with Gasteiger partial charge >= 0.3 is 0 Å². The molecule has 3 aromatic rings. The molecule has 0 bridgehead atoms. The van der Waals surface area contributed by atoms with Crippen LogP contribution in [0.1, 0.15) is 87.7 Å². The van der Waals surface area contributed by atoms with E-state index < -0.39 is 36.6 Å². The molecule has 1 N–H and O–H groups in total. The Hall–Kier alpha value is -3.73. The van der Waals surface area contributed by atoms with Crippen LogP contribution in [0.25, 0.3) is 0 Å². The van der Waals surface area contributed by atoms with Crippen LogP contribution in [0.15, 0.2) is 71.6 Å². The zero-order chi connectivity index (χ0) is 46.5. The van der Waals surface area contributed by atoms with Gasteiger partial charge in [-0.25, -0.2) is 21.6 Å². The smallest absolute Gasteiger partial charge is 0.264 e. The van der Waals surface area contributed by atoms with Gasteiger partial charge < -0.3 is 19.3 Å². The minimum absolute atomic E-state index is 0.0390. The van der Waals surface area contributed by atoms with Gasteiger partial charge in [-0.15, -0.1) is 0 Å². The first-order valence-electron chi connectivity index (χ1n) is 23.4. The number of halogens is 1. The fourth-order valence-electron chi connectivity index (χ4n) is 10.2. The Morgan fingerprint density at radius 3 is 2.42 bits per heavy atom. The number of fused-ring (bicyclic) bond motifs is 3. The predicted octanol–water partition coefficient (Wildman–Crippen LogP) is 6.68. The molecule has 0 radical (unpaired) electrons. The lowest BCUT2D eigenvalue weighted by atomic mass is 9.64. The number of carbonyl (C=O) groups is 2. The quantitative estimate of drug-likeness (QED) is 0.174. The van der Waals surface area contributed by atoms with Gasteiger partial charge in [0.2, 0.25) is 15.9 Å². The number of hydrogen-bond acceptors (Lipinski definition) is 11. The van der Waals surface area contributed by atoms with Crippen molar-refractivity contribution in [2.45, 2.75) is 101 Å². The number of nitrogens with one attached hydrogen (secondary N) is 1. The molecule has 1 saturated carbocycles. The van der Waals surface area contributed by atoms with Crippen molar-refractivity contribution < 1.29 is 35.9 Å². The molecule has 3 aliphatic heterocycles. The molecule has 0 unspecified atom stereocenters. The van der Waals surface area contributed by atoms with Crippen molar-refractivity contribution in [1.82, 2.24) is 19.4 Å². The summed E-state index contributed by atoms with van der Waals surface area (Å²) in [4.78, 5) is 36.4. The number of benzene rings is 3. The molecule has 3 heterocycles. The van der Waals surface area contributed by atoms with Crippen LogP contribution in [0.2, 0.25) is 5.02 Å². The number of anilines is 1. The Labute approximate surface area is 392 Å². The minimum Gasteiger partial charge on any atom is -0.487 e. The molecule has 356 valence electrons. The molecule has 2 saturated heterocycles. The molecular weight excluding hydrogens is 886 g/mol. The summed E-state index contributed by atoms with van der Waals surface area (Å²) in [5.74, 6) is 0.0364. The molecule has 4 aliphatic rings. The molecule has 0 spiro atoms. The number of aryl methyl sites for hydroxylation is 1. The lowest BCUT2D eigenvalue weighted by molar-refractivity contribution is -0.137. The van der Waals surface area contributed by atoms with Crippen molar-refractivity contribution in [2.24, 2.45) is 17.8 Å². The monoisotopic (exact) mass is 953 g/mol. The van der Waals surface area contributed by atoms with E-state index >= 15 is 0 Å². The Kier molecular flexibility index (Phi) is 15.9. The number of methoxy groups -OCH3 is 1. The first-order chi connectivity index (χ1) is 31.0. The highest BCUT2D eigenvalue weighted by Crippen LogP contribution is 2.46. The predicted molar refractivity (Wildman–Crippen MR) is 256 cm³/mol. The zero-order valence-corrected chi connectivity index (χ0v) is 41.1. The number of amides is 2. The lowest BCUT2D eigenvalue weighted by Crippen LogP contribution is -2.65. The summed E-state index contributed by atoms with van der Waals surface area (Å²) in [5, 5.41) is -0.0432. The van der Waals surface area contributed by atoms with Gasteiger partial charge in [-0.05, 0) is 117 Å². The first kappa shape index (κ1) is 49.2. The van der Waals surface area contributed by atoms with E-state index in [1.165, 1.54) is 0 Å². The summed E-state index contributed by atoms with van der Waals surface area (Å²) in [6, 6.07) is 19.6. The van der Waals surface area contributed by atoms with Crippen molar-refractivity contribution in [3.05, 3.63) is 88.4 Å². The molecule has 3 fully saturated rings. The summed E-state index contributed by atoms with van der Waals surface area (Å²) in [7, 11) is -5.66. The molecular formula is C49H68ClN5O8S2. The number of sulfonamides is 1. The van der Waals surface area contributed by atoms with Crippen molar-refractivity contribution in [3.8, 4) is 5.75 Å². The van der Waals surface area contributed by atoms with Crippen LogP contribution in [-0.4, -0.2) is 132 Å². The van der Waals surface area contributed by atoms with Crippen LogP contribution in [0.4, 0.5) is 5.69 Å². The number of nitrogens with zero attached hydrogens (tertiary/aromatic N) is 4. The minimum atomic E-state index is -3.91. The van der Waals surface area contributed by atoms with E-state index in [1.807, 2.05) is 36.9 Å². The third kappa shape index (κ3) is 11.7. The van der Waals surface area contributed by atoms with E-state index in [0.717, 1.165) is 81.6 Å². The molecule has 1 aliphatic carbocycles. The number of piperazine rings is 2. The standard InChI is InChI=1S/C49H68ClN5O8S2/c1-6-35(2)36(3)65(60,61)51-48(57)38-17-20-46-45(29-38)54(22-11-10-12-37-28-41(50)18-15-40(37)33-63-46)30-39-16-19-44(39)49(4,62-5)34-52-23-24-53-25-26-55(32-42(53)31-52)47(56)21-27-64(58,59)43-13-8-7-9-14-43/h7-9,13-15,17-18,20,28-29,35-36,39,42,44H,6,10-12,16,19,21-27,30-34H2,1-5H3,(H,51,57)/t35-,36+,39-,42+,44+,49+/m0/s1. The Balaban J connectivity index is 1.05. The topological polar surface area (TPSA) is 146 Å². The highest BCUT2D eigenvalue weighted by atomic mass is 35.5. The van der Waals surface area contributed by atoms with Gasteiger partial charge in [0.15, 0.2) is 9.84 Å². The second-order valence-electron chi connectivity index (χ2n) is 19.0. The third-order valence-electron chi connectivity index (χ3n) is 14.9. The highest BCUT2D eigenvalue weighted by molar-refractivity contribution is 7.91. The van der Waals surface area contributed by atoms with Crippen molar-refractivity contribution >= 4 is 49.0 Å². The Morgan fingerprint density at radius 2 is 1.69 bits per heavy atom. The largest absolute Gasteiger partial charge is 0.487 e. The summed E-state index contributed by atoms with van der Waals surface area (Å²) < 4.78 is 67.9. The number of carbonyl (C=O) groups excluding carboxylic acids is 2. The average Bonchev–Trinajstić information content (AvgIpc) is 3.32. The van der Waals surface area contributed by atoms with Crippen LogP contribution in [-0.2, 0) is 42.4 Å². The fraction of sp³-hybridized carbons (Fsp3) is 0.592. The van der Waals surface area contributed by atoms with E-state index in [-0.39, 0.29) is 52.3 Å². The number of sulfone groups is 1. The van der Waals surface area contributed by atoms with E-state index in [1.54, 1.807) is 62.6 Å². The zero-order valence-electron chi connectivity index (χ0n) is 38.7. The lowest BCUT2D eigenvalue weighted by Gasteiger charge is -2.53. The molecule has 0 aromatic heterocycles. The van der Waals surface area contributed by atoms with Crippen molar-refractivity contribution in [2.75, 3.05) is 76.7 Å². The van der Waals surface area contributed by atoms with E-state index in [0.29, 0.717) is 50.0 Å². The summed E-state index contributed by atoms with van der Waals surface area (Å²) in [5.41, 5.74) is 2.76. The van der Waals surface area contributed by atoms with Crippen LogP contribution in [0.5, 0.6) is 5.75 Å². The summed E-state index contributed by atoms with van der Waals surface area (Å²) in [6.45, 7) is 14.6. The second-order valence-corrected chi connectivity index (χ2v) is 23.5. The summed E-state index contributed by atoms with van der Waals surface area (Å²) in [6.07, 6.45) is 5.32. The van der Waals surface area contributed by atoms with Crippen LogP contribution < -0.4 is 14.4 Å². The maximum Gasteiger partial charge on any atom is 0.264 e. The van der Waals surface area contributed by atoms with E-state index in [9.17, 15) is 26.4 Å². The average molecular weight is 955 g/mol. The third-order valence-corrected chi connectivity index (χ3v) is 18.8. The second kappa shape index (κ2) is 21.1. The van der Waals surface area contributed by atoms with Crippen LogP contribution >= 0.6 is 11.6 Å². The Bertz CT molecular complexity index is 2370. The molecule has 3 aromatic carbocycles. The fourth-order valence-corrected chi connectivity index (χ4v) is 13.0. The number of hydrogen-bond donors (Lipinski definition) is 1. The first-order valence-corrected chi connectivity index (χ1v) is 27.0. The van der Waals surface area contributed by atoms with Gasteiger partial charge in [0.1, 0.15) is 12.4 Å². The molecule has 6 atom stereocenters. The maximum atomic E-state index is 13.7. The van der Waals surface area contributed by atoms with Gasteiger partial charge in [0.25, 0.3) is 5.91 Å². The van der Waals surface area contributed by atoms with Gasteiger partial charge in [-0.3, -0.25) is 19.4 Å². The maximum absolute atomic E-state index is 13.7. The van der Waals surface area contributed by atoms with Crippen LogP contribution in [0, 0.1) is 17.8 Å². The number of rotatable bonds is 15. The van der Waals surface area contributed by atoms with Gasteiger partial charge in [0.05, 0.1) is 27.2 Å². The van der Waals surface area contributed by atoms with Gasteiger partial charge in [0, 0.05) is 89.1 Å². The molecule has 7 rings (SSSR count). The van der Waals surface area contributed by atoms with Crippen LogP contribution in [0.3, 0.4) is 0 Å². The van der Waals surface area contributed by atoms with Gasteiger partial charge in [-0.1, -0.05) is 56.1 Å². The normalized spacial score (nSPS) is 23.0. The summed E-state index contributed by atoms with van der Waals surface area (Å²) >= 11 is 6.43. The Morgan fingerprint density at radius 1 is 0.923 bits per heavy atom. The van der Waals surface area contributed by atoms with E-state index in [4.69, 9.17) is 21.1 Å². The molecule has 2 amide bonds. The van der Waals surface area contributed by atoms with Gasteiger partial charge in [-0.2, -0.15) is 0 Å². The molecule has 16 heteroatoms. The molecule has 65 heavy (non-hydrogen) atoms. The highest BCUT2D eigenvalue weighted by Gasteiger charge is 2.47. The van der Waals surface area contributed by atoms with E-state index in [2.05, 4.69) is 26.3 Å². The van der Waals surface area contributed by atoms with Crippen molar-refractivity contribution in [3.63, 3.8) is 0 Å². The SMILES string of the molecule is CC[C@H](C)[C@@H](C)S(=O)(=O)NC(=O)c1ccc2c(c1)N(C[C@@H]1CC[C@H]1[C@@](C)(CN1CCN3CCN(C(=O)CCS(=O)(=O)c4ccccc4)C[C@H]3C1)OC)CCCCc1cc(Cl)ccc1CO2. The van der Waals surface area contributed by atoms with Crippen molar-refractivity contribution in [1.29, 1.82) is 0 Å².